The maximum absolute atomic E-state index is 3.62. The maximum Gasteiger partial charge on any atom is 0.0158 e. The minimum Gasteiger partial charge on any atom is -0.313 e. The van der Waals surface area contributed by atoms with Gasteiger partial charge in [0.25, 0.3) is 0 Å². The van der Waals surface area contributed by atoms with Crippen LogP contribution in [0.3, 0.4) is 0 Å². The highest BCUT2D eigenvalue weighted by Crippen LogP contribution is 2.34. The summed E-state index contributed by atoms with van der Waals surface area (Å²) in [5.74, 6) is 2.38. The summed E-state index contributed by atoms with van der Waals surface area (Å²) in [5.41, 5.74) is 0. The van der Waals surface area contributed by atoms with Gasteiger partial charge in [-0.1, -0.05) is 33.6 Å². The molecule has 0 aromatic carbocycles. The molecule has 1 saturated carbocycles. The summed E-state index contributed by atoms with van der Waals surface area (Å²) in [6, 6.07) is 0.759. The molecule has 0 amide bonds. The Morgan fingerprint density at radius 3 is 2.60 bits per heavy atom. The molecule has 0 radical (unpaired) electrons. The van der Waals surface area contributed by atoms with Crippen molar-refractivity contribution in [2.75, 3.05) is 12.3 Å². The molecule has 1 fully saturated rings. The molecule has 0 aromatic heterocycles. The van der Waals surface area contributed by atoms with Crippen LogP contribution < -0.4 is 5.32 Å². The second-order valence-corrected chi connectivity index (χ2v) is 6.30. The van der Waals surface area contributed by atoms with E-state index in [4.69, 9.17) is 0 Å². The van der Waals surface area contributed by atoms with E-state index in [0.29, 0.717) is 0 Å². The molecule has 1 rings (SSSR count). The van der Waals surface area contributed by atoms with E-state index in [1.165, 1.54) is 37.9 Å². The Hall–Kier alpha value is 0.310. The summed E-state index contributed by atoms with van der Waals surface area (Å²) < 4.78 is 0. The predicted molar refractivity (Wildman–Crippen MR) is 71.6 cm³/mol. The summed E-state index contributed by atoms with van der Waals surface area (Å²) in [4.78, 5) is 0. The Kier molecular flexibility index (Phi) is 6.74. The fraction of sp³-hybridized carbons (Fsp3) is 1.00. The van der Waals surface area contributed by atoms with Gasteiger partial charge in [0.15, 0.2) is 0 Å². The van der Waals surface area contributed by atoms with Gasteiger partial charge in [-0.25, -0.2) is 0 Å². The predicted octanol–water partition coefficient (Wildman–Crippen LogP) is 3.69. The minimum atomic E-state index is 0.759. The van der Waals surface area contributed by atoms with E-state index in [1.807, 2.05) is 0 Å². The summed E-state index contributed by atoms with van der Waals surface area (Å²) in [7, 11) is 0. The number of hydrogen-bond acceptors (Lipinski definition) is 2. The number of thioether (sulfide) groups is 1. The van der Waals surface area contributed by atoms with Crippen molar-refractivity contribution in [2.45, 2.75) is 64.2 Å². The molecule has 0 bridgehead atoms. The molecule has 2 atom stereocenters. The number of hydrogen-bond donors (Lipinski definition) is 1. The lowest BCUT2D eigenvalue weighted by molar-refractivity contribution is 0.500. The average Bonchev–Trinajstić information content (AvgIpc) is 3.05. The summed E-state index contributed by atoms with van der Waals surface area (Å²) in [5, 5.41) is 4.45. The second kappa shape index (κ2) is 7.56. The van der Waals surface area contributed by atoms with Crippen LogP contribution >= 0.6 is 11.8 Å². The molecule has 0 heterocycles. The Balaban J connectivity index is 2.10. The average molecular weight is 229 g/mol. The van der Waals surface area contributed by atoms with Crippen LogP contribution in [0.25, 0.3) is 0 Å². The van der Waals surface area contributed by atoms with Crippen LogP contribution in [-0.4, -0.2) is 23.6 Å². The molecule has 90 valence electrons. The van der Waals surface area contributed by atoms with E-state index >= 15 is 0 Å². The van der Waals surface area contributed by atoms with Crippen LogP contribution in [0.15, 0.2) is 0 Å². The summed E-state index contributed by atoms with van der Waals surface area (Å²) in [6.07, 6.45) is 7.14. The van der Waals surface area contributed by atoms with Crippen LogP contribution in [0.1, 0.15) is 52.9 Å². The smallest absolute Gasteiger partial charge is 0.0158 e. The zero-order valence-corrected chi connectivity index (χ0v) is 11.4. The lowest BCUT2D eigenvalue weighted by Crippen LogP contribution is -2.31. The van der Waals surface area contributed by atoms with Gasteiger partial charge in [-0.2, -0.15) is 11.8 Å². The lowest BCUT2D eigenvalue weighted by atomic mass is 10.1. The second-order valence-electron chi connectivity index (χ2n) is 4.83. The van der Waals surface area contributed by atoms with Crippen molar-refractivity contribution >= 4 is 11.8 Å². The van der Waals surface area contributed by atoms with E-state index in [9.17, 15) is 0 Å². The van der Waals surface area contributed by atoms with Crippen LogP contribution in [-0.2, 0) is 0 Å². The number of nitrogens with one attached hydrogen (secondary N) is 1. The molecule has 0 spiro atoms. The van der Waals surface area contributed by atoms with Crippen LogP contribution in [0.5, 0.6) is 0 Å². The number of rotatable bonds is 9. The highest BCUT2D eigenvalue weighted by atomic mass is 32.2. The van der Waals surface area contributed by atoms with Gasteiger partial charge < -0.3 is 5.32 Å². The zero-order chi connectivity index (χ0) is 11.1. The topological polar surface area (TPSA) is 12.0 Å². The Morgan fingerprint density at radius 1 is 1.33 bits per heavy atom. The quantitative estimate of drug-likeness (QED) is 0.647. The molecule has 0 aliphatic heterocycles. The first-order valence-corrected chi connectivity index (χ1v) is 7.66. The van der Waals surface area contributed by atoms with Gasteiger partial charge in [-0.05, 0) is 31.7 Å². The third kappa shape index (κ3) is 6.47. The lowest BCUT2D eigenvalue weighted by Gasteiger charge is -2.19. The van der Waals surface area contributed by atoms with Crippen LogP contribution in [0, 0.1) is 5.92 Å². The molecule has 1 aliphatic carbocycles. The van der Waals surface area contributed by atoms with Crippen molar-refractivity contribution < 1.29 is 0 Å². The molecule has 0 saturated heterocycles. The van der Waals surface area contributed by atoms with Crippen molar-refractivity contribution in [3.63, 3.8) is 0 Å². The first kappa shape index (κ1) is 13.4. The van der Waals surface area contributed by atoms with Gasteiger partial charge in [0.05, 0.1) is 0 Å². The molecule has 1 N–H and O–H groups in total. The van der Waals surface area contributed by atoms with E-state index < -0.39 is 0 Å². The molecule has 2 unspecified atom stereocenters. The summed E-state index contributed by atoms with van der Waals surface area (Å²) in [6.45, 7) is 7.97. The third-order valence-corrected chi connectivity index (χ3v) is 4.77. The maximum atomic E-state index is 3.62. The van der Waals surface area contributed by atoms with Crippen LogP contribution in [0.4, 0.5) is 0 Å². The Morgan fingerprint density at radius 2 is 2.07 bits per heavy atom. The monoisotopic (exact) mass is 229 g/mol. The van der Waals surface area contributed by atoms with Crippen molar-refractivity contribution in [2.24, 2.45) is 5.92 Å². The van der Waals surface area contributed by atoms with E-state index in [2.05, 4.69) is 37.8 Å². The highest BCUT2D eigenvalue weighted by molar-refractivity contribution is 7.99. The SMILES string of the molecule is CCNC(CCC1CC1)CSC(C)CC. The van der Waals surface area contributed by atoms with Crippen LogP contribution in [0.2, 0.25) is 0 Å². The minimum absolute atomic E-state index is 0.759. The molecule has 2 heteroatoms. The zero-order valence-electron chi connectivity index (χ0n) is 10.6. The van der Waals surface area contributed by atoms with Crippen molar-refractivity contribution in [1.29, 1.82) is 0 Å². The molecular formula is C13H27NS. The van der Waals surface area contributed by atoms with Gasteiger partial charge >= 0.3 is 0 Å². The normalized spacial score (nSPS) is 20.2. The largest absolute Gasteiger partial charge is 0.313 e. The van der Waals surface area contributed by atoms with E-state index in [1.54, 1.807) is 0 Å². The molecule has 1 aliphatic rings. The first-order valence-electron chi connectivity index (χ1n) is 6.61. The van der Waals surface area contributed by atoms with Crippen molar-refractivity contribution in [3.8, 4) is 0 Å². The molecule has 1 nitrogen and oxygen atoms in total. The van der Waals surface area contributed by atoms with Gasteiger partial charge in [-0.3, -0.25) is 0 Å². The summed E-state index contributed by atoms with van der Waals surface area (Å²) >= 11 is 2.13. The fourth-order valence-corrected chi connectivity index (χ4v) is 2.86. The Bertz CT molecular complexity index is 157. The molecule has 0 aromatic rings. The Labute approximate surface area is 99.8 Å². The first-order chi connectivity index (χ1) is 7.26. The standard InChI is InChI=1S/C13H27NS/c1-4-11(3)15-10-13(14-5-2)9-8-12-6-7-12/h11-14H,4-10H2,1-3H3. The molecule has 15 heavy (non-hydrogen) atoms. The third-order valence-electron chi connectivity index (χ3n) is 3.27. The van der Waals surface area contributed by atoms with Crippen molar-refractivity contribution in [3.05, 3.63) is 0 Å². The van der Waals surface area contributed by atoms with Gasteiger partial charge in [0.1, 0.15) is 0 Å². The fourth-order valence-electron chi connectivity index (χ4n) is 1.77. The van der Waals surface area contributed by atoms with Gasteiger partial charge in [0.2, 0.25) is 0 Å². The van der Waals surface area contributed by atoms with E-state index in [-0.39, 0.29) is 0 Å². The molecular weight excluding hydrogens is 202 g/mol. The highest BCUT2D eigenvalue weighted by Gasteiger charge is 2.22. The van der Waals surface area contributed by atoms with E-state index in [0.717, 1.165) is 23.8 Å². The van der Waals surface area contributed by atoms with Gasteiger partial charge in [-0.15, -0.1) is 0 Å². The van der Waals surface area contributed by atoms with Crippen molar-refractivity contribution in [1.82, 2.24) is 5.32 Å². The van der Waals surface area contributed by atoms with Gasteiger partial charge in [0, 0.05) is 17.0 Å².